The summed E-state index contributed by atoms with van der Waals surface area (Å²) in [6.07, 6.45) is 4.45. The van der Waals surface area contributed by atoms with Gasteiger partial charge in [0.15, 0.2) is 0 Å². The van der Waals surface area contributed by atoms with Gasteiger partial charge in [0.05, 0.1) is 18.4 Å². The Labute approximate surface area is 180 Å². The summed E-state index contributed by atoms with van der Waals surface area (Å²) in [6, 6.07) is 13.6. The quantitative estimate of drug-likeness (QED) is 0.551. The van der Waals surface area contributed by atoms with E-state index in [1.807, 2.05) is 36.4 Å². The van der Waals surface area contributed by atoms with Crippen molar-refractivity contribution in [3.8, 4) is 5.75 Å². The van der Waals surface area contributed by atoms with E-state index in [9.17, 15) is 4.79 Å². The third-order valence-electron chi connectivity index (χ3n) is 5.22. The van der Waals surface area contributed by atoms with Crippen molar-refractivity contribution in [2.75, 3.05) is 12.9 Å². The van der Waals surface area contributed by atoms with Gasteiger partial charge in [0, 0.05) is 17.0 Å². The molecule has 2 aromatic carbocycles. The summed E-state index contributed by atoms with van der Waals surface area (Å²) in [5.74, 6) is 1.16. The normalized spacial score (nSPS) is 13.2. The van der Waals surface area contributed by atoms with E-state index >= 15 is 0 Å². The summed E-state index contributed by atoms with van der Waals surface area (Å²) in [4.78, 5) is 17.2. The number of halogens is 1. The maximum Gasteiger partial charge on any atom is 0.230 e. The first-order valence-corrected chi connectivity index (χ1v) is 11.1. The Hall–Kier alpha value is -2.24. The van der Waals surface area contributed by atoms with Crippen molar-refractivity contribution in [2.45, 2.75) is 37.3 Å². The molecule has 29 heavy (non-hydrogen) atoms. The number of thioether (sulfide) groups is 1. The van der Waals surface area contributed by atoms with Gasteiger partial charge in [-0.25, -0.2) is 4.98 Å². The van der Waals surface area contributed by atoms with Crippen LogP contribution < -0.4 is 10.1 Å². The third-order valence-corrected chi connectivity index (χ3v) is 6.47. The number of aryl methyl sites for hydroxylation is 1. The van der Waals surface area contributed by atoms with Crippen LogP contribution in [0, 0.1) is 0 Å². The van der Waals surface area contributed by atoms with E-state index in [1.165, 1.54) is 41.1 Å². The molecule has 4 nitrogen and oxygen atoms in total. The molecule has 1 aliphatic rings. The molecule has 3 aromatic rings. The van der Waals surface area contributed by atoms with Gasteiger partial charge in [0.1, 0.15) is 10.8 Å². The highest BCUT2D eigenvalue weighted by Gasteiger charge is 2.19. The zero-order chi connectivity index (χ0) is 20.2. The summed E-state index contributed by atoms with van der Waals surface area (Å²) < 4.78 is 5.16. The number of benzene rings is 2. The molecule has 1 aromatic heterocycles. The van der Waals surface area contributed by atoms with Gasteiger partial charge in [-0.15, -0.1) is 0 Å². The molecule has 0 fully saturated rings. The topological polar surface area (TPSA) is 51.2 Å². The molecule has 0 saturated heterocycles. The molecule has 150 valence electrons. The first-order valence-electron chi connectivity index (χ1n) is 9.77. The number of carbonyl (C=O) groups is 1. The van der Waals surface area contributed by atoms with Gasteiger partial charge in [-0.05, 0) is 66.6 Å². The molecule has 1 heterocycles. The molecule has 1 amide bonds. The van der Waals surface area contributed by atoms with E-state index < -0.39 is 0 Å². The van der Waals surface area contributed by atoms with E-state index in [0.717, 1.165) is 34.7 Å². The van der Waals surface area contributed by atoms with E-state index in [1.54, 1.807) is 7.11 Å². The van der Waals surface area contributed by atoms with E-state index in [2.05, 4.69) is 11.4 Å². The highest BCUT2D eigenvalue weighted by molar-refractivity contribution is 8.00. The summed E-state index contributed by atoms with van der Waals surface area (Å²) in [5, 5.41) is 5.83. The molecular weight excluding hydrogens is 404 g/mol. The fourth-order valence-corrected chi connectivity index (χ4v) is 4.81. The highest BCUT2D eigenvalue weighted by Crippen LogP contribution is 2.35. The second-order valence-corrected chi connectivity index (χ2v) is 8.56. The lowest BCUT2D eigenvalue weighted by molar-refractivity contribution is -0.118. The van der Waals surface area contributed by atoms with E-state index in [0.29, 0.717) is 17.3 Å². The number of nitrogens with one attached hydrogen (secondary N) is 1. The summed E-state index contributed by atoms with van der Waals surface area (Å²) >= 11 is 7.70. The van der Waals surface area contributed by atoms with Crippen LogP contribution in [-0.4, -0.2) is 23.8 Å². The lowest BCUT2D eigenvalue weighted by Crippen LogP contribution is -2.24. The van der Waals surface area contributed by atoms with Crippen LogP contribution in [0.1, 0.15) is 29.5 Å². The first kappa shape index (κ1) is 20.0. The number of carbonyl (C=O) groups excluding carboxylic acids is 1. The fourth-order valence-electron chi connectivity index (χ4n) is 3.72. The minimum Gasteiger partial charge on any atom is -0.497 e. The number of fused-ring (bicyclic) bond motifs is 3. The Morgan fingerprint density at radius 3 is 2.66 bits per heavy atom. The second-order valence-electron chi connectivity index (χ2n) is 7.16. The maximum atomic E-state index is 12.4. The van der Waals surface area contributed by atoms with Crippen molar-refractivity contribution in [3.63, 3.8) is 0 Å². The summed E-state index contributed by atoms with van der Waals surface area (Å²) in [7, 11) is 1.64. The van der Waals surface area contributed by atoms with Crippen molar-refractivity contribution in [1.82, 2.24) is 10.3 Å². The second kappa shape index (κ2) is 9.06. The largest absolute Gasteiger partial charge is 0.497 e. The average molecular weight is 427 g/mol. The monoisotopic (exact) mass is 426 g/mol. The summed E-state index contributed by atoms with van der Waals surface area (Å²) in [6.45, 7) is 0.502. The van der Waals surface area contributed by atoms with Gasteiger partial charge >= 0.3 is 0 Å². The Bertz CT molecular complexity index is 1040. The zero-order valence-electron chi connectivity index (χ0n) is 16.3. The van der Waals surface area contributed by atoms with Gasteiger partial charge in [-0.3, -0.25) is 4.79 Å². The van der Waals surface area contributed by atoms with Crippen LogP contribution in [0.25, 0.3) is 10.9 Å². The van der Waals surface area contributed by atoms with Gasteiger partial charge in [0.2, 0.25) is 5.91 Å². The molecular formula is C23H23ClN2O2S. The van der Waals surface area contributed by atoms with Crippen molar-refractivity contribution in [1.29, 1.82) is 0 Å². The zero-order valence-corrected chi connectivity index (χ0v) is 17.9. The Kier molecular flexibility index (Phi) is 6.26. The van der Waals surface area contributed by atoms with Crippen LogP contribution in [-0.2, 0) is 24.2 Å². The molecule has 0 bridgehead atoms. The minimum absolute atomic E-state index is 0.00312. The van der Waals surface area contributed by atoms with Gasteiger partial charge < -0.3 is 10.1 Å². The molecule has 0 aliphatic heterocycles. The SMILES string of the molecule is COc1ccc(CNC(=O)CSc2nc3cc(Cl)ccc3c3c2CCCC3)cc1. The van der Waals surface area contributed by atoms with E-state index in [4.69, 9.17) is 21.3 Å². The Morgan fingerprint density at radius 2 is 1.90 bits per heavy atom. The fraction of sp³-hybridized carbons (Fsp3) is 0.304. The van der Waals surface area contributed by atoms with Crippen molar-refractivity contribution < 1.29 is 9.53 Å². The standard InChI is InChI=1S/C23H23ClN2O2S/c1-28-17-9-6-15(7-10-17)13-25-22(27)14-29-23-20-5-3-2-4-18(20)19-11-8-16(24)12-21(19)26-23/h6-12H,2-5,13-14H2,1H3,(H,25,27). The lowest BCUT2D eigenvalue weighted by atomic mass is 9.90. The molecule has 4 rings (SSSR count). The number of pyridine rings is 1. The molecule has 0 radical (unpaired) electrons. The van der Waals surface area contributed by atoms with Crippen LogP contribution >= 0.6 is 23.4 Å². The number of ether oxygens (including phenoxy) is 1. The predicted molar refractivity (Wildman–Crippen MR) is 119 cm³/mol. The maximum absolute atomic E-state index is 12.4. The number of methoxy groups -OCH3 is 1. The van der Waals surface area contributed by atoms with Gasteiger partial charge in [-0.1, -0.05) is 41.6 Å². The van der Waals surface area contributed by atoms with Gasteiger partial charge in [0.25, 0.3) is 0 Å². The Balaban J connectivity index is 1.45. The average Bonchev–Trinajstić information content (AvgIpc) is 2.76. The predicted octanol–water partition coefficient (Wildman–Crippen LogP) is 5.18. The summed E-state index contributed by atoms with van der Waals surface area (Å²) in [5.41, 5.74) is 4.64. The van der Waals surface area contributed by atoms with Crippen molar-refractivity contribution in [3.05, 3.63) is 64.2 Å². The molecule has 0 unspecified atom stereocenters. The number of aromatic nitrogens is 1. The van der Waals surface area contributed by atoms with Crippen LogP contribution in [0.15, 0.2) is 47.5 Å². The van der Waals surface area contributed by atoms with Crippen LogP contribution in [0.2, 0.25) is 5.02 Å². The Morgan fingerprint density at radius 1 is 1.14 bits per heavy atom. The third kappa shape index (κ3) is 4.68. The first-order chi connectivity index (χ1) is 14.1. The van der Waals surface area contributed by atoms with Crippen LogP contribution in [0.5, 0.6) is 5.75 Å². The minimum atomic E-state index is 0.00312. The number of hydrogen-bond donors (Lipinski definition) is 1. The lowest BCUT2D eigenvalue weighted by Gasteiger charge is -2.21. The molecule has 6 heteroatoms. The highest BCUT2D eigenvalue weighted by atomic mass is 35.5. The molecule has 0 atom stereocenters. The van der Waals surface area contributed by atoms with Crippen molar-refractivity contribution in [2.24, 2.45) is 0 Å². The van der Waals surface area contributed by atoms with Gasteiger partial charge in [-0.2, -0.15) is 0 Å². The number of nitrogens with zero attached hydrogens (tertiary/aromatic N) is 1. The number of amides is 1. The van der Waals surface area contributed by atoms with E-state index in [-0.39, 0.29) is 5.91 Å². The number of rotatable bonds is 6. The molecule has 1 aliphatic carbocycles. The molecule has 1 N–H and O–H groups in total. The van der Waals surface area contributed by atoms with Crippen LogP contribution in [0.3, 0.4) is 0 Å². The molecule has 0 spiro atoms. The number of hydrogen-bond acceptors (Lipinski definition) is 4. The van der Waals surface area contributed by atoms with Crippen LogP contribution in [0.4, 0.5) is 0 Å². The van der Waals surface area contributed by atoms with Crippen molar-refractivity contribution >= 4 is 40.2 Å². The molecule has 0 saturated carbocycles. The smallest absolute Gasteiger partial charge is 0.230 e.